The Bertz CT molecular complexity index is 3030. The molecule has 410 valence electrons. The Kier molecular flexibility index (Phi) is 30.4. The second-order valence-electron chi connectivity index (χ2n) is 13.3. The predicted octanol–water partition coefficient (Wildman–Crippen LogP) is 14.4. The number of carboxylic acid groups (broad SMARTS) is 3. The van der Waals surface area contributed by atoms with Gasteiger partial charge >= 0.3 is 29.8 Å². The fourth-order valence-corrected chi connectivity index (χ4v) is 8.52. The molecule has 0 fully saturated rings. The van der Waals surface area contributed by atoms with Crippen molar-refractivity contribution in [3.8, 4) is 34.5 Å². The number of phenolic OH excluding ortho intramolecular Hbond substituents is 1. The molecule has 0 aliphatic heterocycles. The Labute approximate surface area is 497 Å². The van der Waals surface area contributed by atoms with Crippen LogP contribution in [0.15, 0.2) is 92.3 Å². The molecule has 0 saturated carbocycles. The quantitative estimate of drug-likeness (QED) is 0.0379. The molecule has 0 bridgehead atoms. The van der Waals surface area contributed by atoms with Crippen molar-refractivity contribution in [2.45, 2.75) is 6.29 Å². The van der Waals surface area contributed by atoms with E-state index in [1.54, 1.807) is 30.3 Å². The third-order valence-electron chi connectivity index (χ3n) is 8.61. The number of rotatable bonds is 9. The van der Waals surface area contributed by atoms with Crippen LogP contribution in [0, 0.1) is 0 Å². The van der Waals surface area contributed by atoms with Crippen LogP contribution in [0.25, 0.3) is 0 Å². The van der Waals surface area contributed by atoms with Crippen LogP contribution in [0.1, 0.15) is 63.6 Å². The molecular formula is C47H37Br3Cl8O18. The first-order valence-corrected chi connectivity index (χ1v) is 25.0. The first-order chi connectivity index (χ1) is 35.5. The van der Waals surface area contributed by atoms with Crippen molar-refractivity contribution in [1.82, 2.24) is 0 Å². The van der Waals surface area contributed by atoms with Crippen molar-refractivity contribution in [2.75, 3.05) is 35.5 Å². The fraction of sp³-hybridized carbons (Fsp3) is 0.128. The molecule has 0 aliphatic carbocycles. The molecule has 8 N–H and O–H groups in total. The summed E-state index contributed by atoms with van der Waals surface area (Å²) in [6, 6.07) is 19.1. The maximum atomic E-state index is 11.5. The Balaban J connectivity index is 0.000000458. The van der Waals surface area contributed by atoms with Gasteiger partial charge in [-0.05, 0) is 92.5 Å². The van der Waals surface area contributed by atoms with E-state index in [0.717, 1.165) is 0 Å². The van der Waals surface area contributed by atoms with Crippen molar-refractivity contribution < 1.29 is 88.5 Å². The number of halogens is 11. The average molecular weight is 1410 g/mol. The number of carboxylic acids is 3. The molecule has 0 aromatic heterocycles. The smallest absolute Gasteiger partial charge is 0.343 e. The maximum absolute atomic E-state index is 11.5. The van der Waals surface area contributed by atoms with E-state index >= 15 is 0 Å². The van der Waals surface area contributed by atoms with E-state index in [1.165, 1.54) is 84.1 Å². The molecule has 29 heteroatoms. The minimum atomic E-state index is -1.60. The number of carbonyl (C=O) groups excluding carboxylic acids is 2. The van der Waals surface area contributed by atoms with Crippen LogP contribution < -0.4 is 14.2 Å². The van der Waals surface area contributed by atoms with Gasteiger partial charge < -0.3 is 64.5 Å². The first kappa shape index (κ1) is 69.2. The van der Waals surface area contributed by atoms with Gasteiger partial charge in [-0.15, -0.1) is 0 Å². The van der Waals surface area contributed by atoms with Crippen LogP contribution >= 0.6 is 141 Å². The summed E-state index contributed by atoms with van der Waals surface area (Å²) in [6.45, 7) is 0. The summed E-state index contributed by atoms with van der Waals surface area (Å²) >= 11 is 55.2. The molecule has 6 aromatic rings. The highest BCUT2D eigenvalue weighted by Gasteiger charge is 2.24. The molecule has 6 aromatic carbocycles. The van der Waals surface area contributed by atoms with Gasteiger partial charge in [0.2, 0.25) is 0 Å². The molecule has 0 spiro atoms. The fourth-order valence-electron chi connectivity index (χ4n) is 5.19. The number of ether oxygens (including phenoxy) is 5. The Morgan fingerprint density at radius 3 is 1.26 bits per heavy atom. The van der Waals surface area contributed by atoms with Crippen LogP contribution in [0.5, 0.6) is 34.5 Å². The molecule has 76 heavy (non-hydrogen) atoms. The summed E-state index contributed by atoms with van der Waals surface area (Å²) < 4.78 is 25.4. The number of aliphatic hydroxyl groups excluding tert-OH is 1. The number of para-hydroxylation sites is 1. The number of esters is 2. The highest BCUT2D eigenvalue weighted by molar-refractivity contribution is 9.11. The molecule has 0 unspecified atom stereocenters. The molecular weight excluding hydrogens is 1380 g/mol. The average Bonchev–Trinajstić information content (AvgIpc) is 3.36. The maximum Gasteiger partial charge on any atom is 0.343 e. The number of phenols is 3. The van der Waals surface area contributed by atoms with E-state index in [0.29, 0.717) is 18.4 Å². The van der Waals surface area contributed by atoms with Gasteiger partial charge in [-0.2, -0.15) is 0 Å². The van der Waals surface area contributed by atoms with Gasteiger partial charge in [0, 0.05) is 19.0 Å². The van der Waals surface area contributed by atoms with Gasteiger partial charge in [-0.3, -0.25) is 0 Å². The lowest BCUT2D eigenvalue weighted by molar-refractivity contribution is -0.0439. The molecule has 0 heterocycles. The predicted molar refractivity (Wildman–Crippen MR) is 297 cm³/mol. The second-order valence-corrected chi connectivity index (χ2v) is 19.1. The van der Waals surface area contributed by atoms with Crippen molar-refractivity contribution in [3.63, 3.8) is 0 Å². The van der Waals surface area contributed by atoms with E-state index in [-0.39, 0.29) is 91.7 Å². The Hall–Kier alpha value is -4.85. The van der Waals surface area contributed by atoms with Gasteiger partial charge in [0.1, 0.15) is 45.1 Å². The Morgan fingerprint density at radius 1 is 0.461 bits per heavy atom. The molecule has 6 rings (SSSR count). The SMILES string of the molecule is COC(=O)c1c(Cl)c(Br)cc(Cl)c1OC.COC(=O)c1c(Cl)ccc(Cl)c1OC.COc1c(Cl)ccc(Cl)c1C(=O)O.O=C(O)c1c(O)c(Cl)cc(Br)c1Cl.O=C(O)c1cc(Br)ccc1O.Oc1ccccc1C(O)O. The van der Waals surface area contributed by atoms with Gasteiger partial charge in [-0.1, -0.05) is 127 Å². The van der Waals surface area contributed by atoms with Gasteiger partial charge in [0.25, 0.3) is 0 Å². The summed E-state index contributed by atoms with van der Waals surface area (Å²) in [4.78, 5) is 54.5. The summed E-state index contributed by atoms with van der Waals surface area (Å²) in [6.07, 6.45) is -1.60. The van der Waals surface area contributed by atoms with Gasteiger partial charge in [0.05, 0.1) is 75.7 Å². The van der Waals surface area contributed by atoms with Gasteiger partial charge in [0.15, 0.2) is 23.5 Å². The summed E-state index contributed by atoms with van der Waals surface area (Å²) in [7, 11) is 6.66. The molecule has 0 radical (unpaired) electrons. The number of hydrogen-bond donors (Lipinski definition) is 8. The van der Waals surface area contributed by atoms with Crippen LogP contribution in [-0.2, 0) is 9.47 Å². The van der Waals surface area contributed by atoms with Crippen molar-refractivity contribution in [3.05, 3.63) is 166 Å². The van der Waals surface area contributed by atoms with E-state index in [2.05, 4.69) is 57.3 Å². The molecule has 0 amide bonds. The monoisotopic (exact) mass is 1410 g/mol. The lowest BCUT2D eigenvalue weighted by Gasteiger charge is -2.11. The topological polar surface area (TPSA) is 293 Å². The van der Waals surface area contributed by atoms with Crippen molar-refractivity contribution >= 4 is 170 Å². The minimum absolute atomic E-state index is 0.0614. The zero-order valence-electron chi connectivity index (χ0n) is 38.9. The molecule has 0 atom stereocenters. The summed E-state index contributed by atoms with van der Waals surface area (Å²) in [5, 5.41) is 71.6. The molecule has 18 nitrogen and oxygen atoms in total. The summed E-state index contributed by atoms with van der Waals surface area (Å²) in [5.41, 5.74) is -0.232. The van der Waals surface area contributed by atoms with E-state index in [1.807, 2.05) is 0 Å². The zero-order chi connectivity index (χ0) is 58.5. The Morgan fingerprint density at radius 2 is 0.868 bits per heavy atom. The second kappa shape index (κ2) is 33.4. The highest BCUT2D eigenvalue weighted by atomic mass is 79.9. The number of hydrogen-bond acceptors (Lipinski definition) is 15. The van der Waals surface area contributed by atoms with Crippen molar-refractivity contribution in [2.24, 2.45) is 0 Å². The third-order valence-corrected chi connectivity index (χ3v) is 13.4. The summed E-state index contributed by atoms with van der Waals surface area (Å²) in [5.74, 6) is -5.13. The number of carbonyl (C=O) groups is 5. The third kappa shape index (κ3) is 19.9. The lowest BCUT2D eigenvalue weighted by Crippen LogP contribution is -2.06. The number of benzene rings is 6. The standard InChI is InChI=1S/C9H7BrCl2O3.C9H8Cl2O3.C8H6Cl2O3.C7H3BrCl2O3.C7H5BrO3.C7H8O3/c1-14-8-5(11)3-4(10)7(12)6(8)9(13)15-2;1-13-8-6(11)4-3-5(10)7(8)9(12)14-2;1-13-7-5(10)3-2-4(9)6(7)8(11)12;8-2-1-3(9)6(11)4(5(2)10)7(12)13;8-4-1-2-6(9)5(3-4)7(10)11;8-6-4-2-1-3-5(6)7(9)10/h3H,1-2H3;3-4H,1-2H3;2-3H,1H3,(H,11,12);1,11H,(H,12,13);1-3,9H,(H,10,11);1-4,7-10H. The zero-order valence-corrected chi connectivity index (χ0v) is 49.7. The number of aliphatic hydroxyl groups is 2. The minimum Gasteiger partial charge on any atom is -0.507 e. The number of aromatic hydroxyl groups is 3. The molecule has 0 saturated heterocycles. The van der Waals surface area contributed by atoms with Crippen LogP contribution in [-0.4, -0.2) is 106 Å². The lowest BCUT2D eigenvalue weighted by atomic mass is 10.2. The number of methoxy groups -OCH3 is 5. The van der Waals surface area contributed by atoms with Crippen LogP contribution in [0.4, 0.5) is 0 Å². The van der Waals surface area contributed by atoms with Crippen LogP contribution in [0.3, 0.4) is 0 Å². The molecule has 0 aliphatic rings. The van der Waals surface area contributed by atoms with Gasteiger partial charge in [-0.25, -0.2) is 24.0 Å². The highest BCUT2D eigenvalue weighted by Crippen LogP contribution is 2.41. The van der Waals surface area contributed by atoms with E-state index < -0.39 is 47.4 Å². The van der Waals surface area contributed by atoms with E-state index in [4.69, 9.17) is 143 Å². The normalized spacial score (nSPS) is 9.88. The largest absolute Gasteiger partial charge is 0.507 e. The number of aromatic carboxylic acids is 3. The van der Waals surface area contributed by atoms with E-state index in [9.17, 15) is 29.1 Å². The van der Waals surface area contributed by atoms with Crippen LogP contribution in [0.2, 0.25) is 40.2 Å². The first-order valence-electron chi connectivity index (χ1n) is 19.6. The van der Waals surface area contributed by atoms with Crippen molar-refractivity contribution in [1.29, 1.82) is 0 Å².